The van der Waals surface area contributed by atoms with Gasteiger partial charge in [0.15, 0.2) is 18.1 Å². The first-order valence-electron chi connectivity index (χ1n) is 10.7. The molecular weight excluding hydrogens is 450 g/mol. The van der Waals surface area contributed by atoms with Gasteiger partial charge in [-0.2, -0.15) is 0 Å². The molecule has 9 atom stereocenters. The smallest absolute Gasteiger partial charge is 0.205 e. The van der Waals surface area contributed by atoms with Gasteiger partial charge in [-0.25, -0.2) is 0 Å². The van der Waals surface area contributed by atoms with Gasteiger partial charge in [0.2, 0.25) is 5.72 Å². The first kappa shape index (κ1) is 25.9. The first-order chi connectivity index (χ1) is 16.3. The molecule has 0 aromatic heterocycles. The van der Waals surface area contributed by atoms with Gasteiger partial charge < -0.3 is 53.8 Å². The summed E-state index contributed by atoms with van der Waals surface area (Å²) in [6, 6.07) is 0. The van der Waals surface area contributed by atoms with Crippen molar-refractivity contribution in [2.75, 3.05) is 19.8 Å². The second-order valence-electron chi connectivity index (χ2n) is 8.20. The van der Waals surface area contributed by atoms with E-state index >= 15 is 0 Å². The molecule has 3 rings (SSSR count). The molecule has 11 nitrogen and oxygen atoms in total. The third kappa shape index (κ3) is 4.75. The highest BCUT2D eigenvalue weighted by atomic mass is 16.6. The number of rotatable bonds is 12. The molecule has 0 spiro atoms. The number of nitrogens with one attached hydrogen (secondary N) is 1. The van der Waals surface area contributed by atoms with E-state index in [4.69, 9.17) is 33.2 Å². The summed E-state index contributed by atoms with van der Waals surface area (Å²) >= 11 is 0. The highest BCUT2D eigenvalue weighted by Gasteiger charge is 2.66. The Morgan fingerprint density at radius 2 is 1.59 bits per heavy atom. The van der Waals surface area contributed by atoms with Crippen LogP contribution in [0.25, 0.3) is 0 Å². The zero-order valence-corrected chi connectivity index (χ0v) is 18.9. The van der Waals surface area contributed by atoms with Crippen molar-refractivity contribution in [2.45, 2.75) is 60.5 Å². The Bertz CT molecular complexity index is 775. The summed E-state index contributed by atoms with van der Waals surface area (Å²) in [4.78, 5) is 0. The lowest BCUT2D eigenvalue weighted by Crippen LogP contribution is -2.62. The van der Waals surface area contributed by atoms with E-state index in [0.29, 0.717) is 0 Å². The van der Waals surface area contributed by atoms with Crippen LogP contribution in [0.1, 0.15) is 6.42 Å². The van der Waals surface area contributed by atoms with Crippen LogP contribution in [0.3, 0.4) is 0 Å². The Labute approximate surface area is 198 Å². The summed E-state index contributed by atoms with van der Waals surface area (Å²) in [6.07, 6.45) is -2.77. The van der Waals surface area contributed by atoms with Gasteiger partial charge in [0.1, 0.15) is 55.9 Å². The van der Waals surface area contributed by atoms with Gasteiger partial charge in [-0.3, -0.25) is 0 Å². The topological polar surface area (TPSA) is 137 Å². The van der Waals surface area contributed by atoms with Crippen molar-refractivity contribution in [1.82, 2.24) is 5.32 Å². The van der Waals surface area contributed by atoms with E-state index < -0.39 is 54.1 Å². The maximum Gasteiger partial charge on any atom is 0.205 e. The lowest BCUT2D eigenvalue weighted by atomic mass is 9.83. The van der Waals surface area contributed by atoms with Crippen LogP contribution < -0.4 is 5.32 Å². The van der Waals surface area contributed by atoms with E-state index in [9.17, 15) is 15.3 Å². The van der Waals surface area contributed by atoms with Crippen LogP contribution in [-0.2, 0) is 33.2 Å². The molecule has 190 valence electrons. The van der Waals surface area contributed by atoms with Crippen molar-refractivity contribution in [2.24, 2.45) is 0 Å². The van der Waals surface area contributed by atoms with Crippen LogP contribution in [0.4, 0.5) is 0 Å². The van der Waals surface area contributed by atoms with Crippen LogP contribution in [0.5, 0.6) is 0 Å². The molecule has 0 radical (unpaired) electrons. The number of hydrogen-bond acceptors (Lipinski definition) is 11. The van der Waals surface area contributed by atoms with E-state index in [1.54, 1.807) is 0 Å². The SMILES string of the molecule is C=COCC1OC(CC23COC(=C)NC(COC=C)(O2)C(O)C3O)C(OC=C)C(O)C1OC=C. The molecule has 3 aliphatic rings. The summed E-state index contributed by atoms with van der Waals surface area (Å²) in [6.45, 7) is 17.6. The fraction of sp³-hybridized carbons (Fsp3) is 0.565. The van der Waals surface area contributed by atoms with E-state index in [0.717, 1.165) is 0 Å². The largest absolute Gasteiger partial charge is 0.499 e. The normalized spacial score (nSPS) is 41.1. The minimum Gasteiger partial charge on any atom is -0.499 e. The van der Waals surface area contributed by atoms with Gasteiger partial charge in [0, 0.05) is 6.42 Å². The van der Waals surface area contributed by atoms with E-state index in [2.05, 4.69) is 38.2 Å². The summed E-state index contributed by atoms with van der Waals surface area (Å²) in [7, 11) is 0. The second-order valence-corrected chi connectivity index (χ2v) is 8.20. The summed E-state index contributed by atoms with van der Waals surface area (Å²) in [5.41, 5.74) is -3.05. The Hall–Kier alpha value is -2.70. The number of aliphatic hydroxyl groups excluding tert-OH is 3. The number of hydrogen-bond donors (Lipinski definition) is 4. The van der Waals surface area contributed by atoms with Gasteiger partial charge >= 0.3 is 0 Å². The monoisotopic (exact) mass is 483 g/mol. The number of fused-ring (bicyclic) bond motifs is 2. The third-order valence-electron chi connectivity index (χ3n) is 6.15. The van der Waals surface area contributed by atoms with Crippen LogP contribution >= 0.6 is 0 Å². The van der Waals surface area contributed by atoms with Gasteiger partial charge in [-0.15, -0.1) is 0 Å². The van der Waals surface area contributed by atoms with E-state index in [1.807, 2.05) is 0 Å². The van der Waals surface area contributed by atoms with Crippen LogP contribution in [0, 0.1) is 0 Å². The molecule has 34 heavy (non-hydrogen) atoms. The van der Waals surface area contributed by atoms with Crippen LogP contribution in [0.2, 0.25) is 0 Å². The number of aliphatic hydroxyl groups is 3. The molecule has 0 aromatic carbocycles. The van der Waals surface area contributed by atoms with Gasteiger partial charge in [0.25, 0.3) is 0 Å². The fourth-order valence-corrected chi connectivity index (χ4v) is 4.64. The van der Waals surface area contributed by atoms with Crippen LogP contribution in [0.15, 0.2) is 63.8 Å². The van der Waals surface area contributed by atoms with Gasteiger partial charge in [-0.05, 0) is 6.58 Å². The molecule has 0 aliphatic carbocycles. The van der Waals surface area contributed by atoms with Crippen molar-refractivity contribution >= 4 is 0 Å². The zero-order chi connectivity index (χ0) is 24.9. The lowest BCUT2D eigenvalue weighted by molar-refractivity contribution is -0.251. The fourth-order valence-electron chi connectivity index (χ4n) is 4.64. The standard InChI is InChI=1S/C23H33NO10/c1-6-28-11-16-19(31-9-4)17(25)18(30-8-3)15(33-16)10-22-12-32-14(5)24-23(34-22,13-29-7-2)21(27)20(22)26/h6-9,15-21,24-27H,1-5,10-13H2. The molecule has 11 heteroatoms. The molecule has 9 unspecified atom stereocenters. The zero-order valence-electron chi connectivity index (χ0n) is 18.9. The van der Waals surface area contributed by atoms with Crippen LogP contribution in [-0.4, -0.2) is 89.2 Å². The second kappa shape index (κ2) is 10.7. The minimum atomic E-state index is -1.57. The van der Waals surface area contributed by atoms with Crippen molar-refractivity contribution < 1.29 is 48.5 Å². The Morgan fingerprint density at radius 1 is 0.941 bits per heavy atom. The van der Waals surface area contributed by atoms with Crippen molar-refractivity contribution in [1.29, 1.82) is 0 Å². The lowest BCUT2D eigenvalue weighted by Gasteiger charge is -2.45. The molecule has 3 aliphatic heterocycles. The predicted octanol–water partition coefficient (Wildman–Crippen LogP) is 0.161. The quantitative estimate of drug-likeness (QED) is 0.283. The van der Waals surface area contributed by atoms with Crippen molar-refractivity contribution in [3.05, 3.63) is 63.8 Å². The highest BCUT2D eigenvalue weighted by Crippen LogP contribution is 2.45. The van der Waals surface area contributed by atoms with Gasteiger partial charge in [0.05, 0.1) is 25.0 Å². The average molecular weight is 484 g/mol. The summed E-state index contributed by atoms with van der Waals surface area (Å²) < 4.78 is 39.7. The first-order valence-corrected chi connectivity index (χ1v) is 10.7. The summed E-state index contributed by atoms with van der Waals surface area (Å²) in [5, 5.41) is 35.9. The van der Waals surface area contributed by atoms with E-state index in [1.165, 1.54) is 25.0 Å². The molecular formula is C23H33NO10. The Balaban J connectivity index is 1.93. The van der Waals surface area contributed by atoms with Crippen molar-refractivity contribution in [3.63, 3.8) is 0 Å². The van der Waals surface area contributed by atoms with E-state index in [-0.39, 0.29) is 32.1 Å². The summed E-state index contributed by atoms with van der Waals surface area (Å²) in [5.74, 6) is 0.126. The Morgan fingerprint density at radius 3 is 2.21 bits per heavy atom. The molecule has 2 bridgehead atoms. The Kier molecular flexibility index (Phi) is 8.16. The minimum absolute atomic E-state index is 0.0153. The molecule has 0 saturated carbocycles. The maximum atomic E-state index is 11.1. The molecule has 3 heterocycles. The molecule has 3 fully saturated rings. The molecule has 0 aromatic rings. The number of ether oxygens (including phenoxy) is 7. The molecule has 3 saturated heterocycles. The molecule has 0 amide bonds. The predicted molar refractivity (Wildman–Crippen MR) is 119 cm³/mol. The maximum absolute atomic E-state index is 11.1. The average Bonchev–Trinajstić information content (AvgIpc) is 2.92. The molecule has 4 N–H and O–H groups in total. The highest BCUT2D eigenvalue weighted by molar-refractivity contribution is 5.15. The van der Waals surface area contributed by atoms with Gasteiger partial charge in [-0.1, -0.05) is 26.3 Å². The third-order valence-corrected chi connectivity index (χ3v) is 6.15. The van der Waals surface area contributed by atoms with Crippen molar-refractivity contribution in [3.8, 4) is 0 Å².